The molecule has 1 aromatic rings. The van der Waals surface area contributed by atoms with Crippen molar-refractivity contribution in [3.8, 4) is 0 Å². The summed E-state index contributed by atoms with van der Waals surface area (Å²) in [4.78, 5) is 13.2. The molecular weight excluding hydrogens is 183 g/mol. The molecule has 0 fully saturated rings. The Morgan fingerprint density at radius 2 is 2.29 bits per heavy atom. The second-order valence-corrected chi connectivity index (χ2v) is 3.40. The zero-order valence-corrected chi connectivity index (χ0v) is 7.83. The summed E-state index contributed by atoms with van der Waals surface area (Å²) in [6.07, 6.45) is 0. The van der Waals surface area contributed by atoms with Gasteiger partial charge in [-0.1, -0.05) is 0 Å². The predicted molar refractivity (Wildman–Crippen MR) is 50.3 cm³/mol. The molecule has 0 saturated heterocycles. The molecule has 0 radical (unpaired) electrons. The van der Waals surface area contributed by atoms with Crippen molar-refractivity contribution in [2.75, 3.05) is 13.6 Å². The van der Waals surface area contributed by atoms with Crippen LogP contribution < -0.4 is 5.73 Å². The highest BCUT2D eigenvalue weighted by atomic mass is 19.1. The molecular formula is C10H11FN2O. The third-order valence-corrected chi connectivity index (χ3v) is 2.61. The second kappa shape index (κ2) is 3.06. The van der Waals surface area contributed by atoms with E-state index in [0.717, 1.165) is 0 Å². The molecule has 1 aliphatic rings. The summed E-state index contributed by atoms with van der Waals surface area (Å²) in [6, 6.07) is 4.00. The smallest absolute Gasteiger partial charge is 0.254 e. The Morgan fingerprint density at radius 1 is 1.57 bits per heavy atom. The lowest BCUT2D eigenvalue weighted by Gasteiger charge is -2.18. The SMILES string of the molecule is CN1C(=O)c2ccc(F)cc2[C@@H]1CN. The predicted octanol–water partition coefficient (Wildman–Crippen LogP) is 0.911. The maximum Gasteiger partial charge on any atom is 0.254 e. The van der Waals surface area contributed by atoms with E-state index in [-0.39, 0.29) is 17.8 Å². The van der Waals surface area contributed by atoms with E-state index in [4.69, 9.17) is 5.73 Å². The molecule has 1 amide bonds. The van der Waals surface area contributed by atoms with E-state index in [1.807, 2.05) is 0 Å². The van der Waals surface area contributed by atoms with Gasteiger partial charge in [0.25, 0.3) is 5.91 Å². The van der Waals surface area contributed by atoms with E-state index in [9.17, 15) is 9.18 Å². The Bertz CT molecular complexity index is 392. The molecule has 0 unspecified atom stereocenters. The summed E-state index contributed by atoms with van der Waals surface area (Å²) in [5.41, 5.74) is 6.79. The Hall–Kier alpha value is -1.42. The molecule has 1 heterocycles. The van der Waals surface area contributed by atoms with E-state index in [0.29, 0.717) is 17.7 Å². The largest absolute Gasteiger partial charge is 0.333 e. The Balaban J connectivity index is 2.56. The van der Waals surface area contributed by atoms with E-state index in [2.05, 4.69) is 0 Å². The van der Waals surface area contributed by atoms with Crippen molar-refractivity contribution in [2.45, 2.75) is 6.04 Å². The van der Waals surface area contributed by atoms with Gasteiger partial charge in [-0.05, 0) is 23.8 Å². The third-order valence-electron chi connectivity index (χ3n) is 2.61. The van der Waals surface area contributed by atoms with Crippen molar-refractivity contribution in [3.63, 3.8) is 0 Å². The highest BCUT2D eigenvalue weighted by Gasteiger charge is 2.33. The fraction of sp³-hybridized carbons (Fsp3) is 0.300. The van der Waals surface area contributed by atoms with Crippen LogP contribution in [0.15, 0.2) is 18.2 Å². The minimum absolute atomic E-state index is 0.0875. The van der Waals surface area contributed by atoms with Crippen molar-refractivity contribution in [2.24, 2.45) is 5.73 Å². The van der Waals surface area contributed by atoms with Gasteiger partial charge in [0, 0.05) is 19.2 Å². The summed E-state index contributed by atoms with van der Waals surface area (Å²) < 4.78 is 13.0. The van der Waals surface area contributed by atoms with Crippen LogP contribution in [0.25, 0.3) is 0 Å². The number of likely N-dealkylation sites (N-methyl/N-ethyl adjacent to an activating group) is 1. The number of halogens is 1. The lowest BCUT2D eigenvalue weighted by atomic mass is 10.0. The van der Waals surface area contributed by atoms with Crippen molar-refractivity contribution in [3.05, 3.63) is 35.1 Å². The maximum absolute atomic E-state index is 13.0. The van der Waals surface area contributed by atoms with E-state index in [1.54, 1.807) is 11.9 Å². The van der Waals surface area contributed by atoms with Gasteiger partial charge < -0.3 is 10.6 Å². The van der Waals surface area contributed by atoms with Crippen molar-refractivity contribution in [1.29, 1.82) is 0 Å². The van der Waals surface area contributed by atoms with E-state index >= 15 is 0 Å². The van der Waals surface area contributed by atoms with Crippen LogP contribution in [0.3, 0.4) is 0 Å². The van der Waals surface area contributed by atoms with E-state index in [1.165, 1.54) is 18.2 Å². The first-order valence-electron chi connectivity index (χ1n) is 4.42. The number of benzene rings is 1. The van der Waals surface area contributed by atoms with Crippen molar-refractivity contribution < 1.29 is 9.18 Å². The molecule has 0 spiro atoms. The fourth-order valence-corrected chi connectivity index (χ4v) is 1.83. The van der Waals surface area contributed by atoms with Gasteiger partial charge in [0.15, 0.2) is 0 Å². The van der Waals surface area contributed by atoms with Gasteiger partial charge >= 0.3 is 0 Å². The number of carbonyl (C=O) groups is 1. The summed E-state index contributed by atoms with van der Waals surface area (Å²) in [5.74, 6) is -0.416. The normalized spacial score (nSPS) is 20.1. The van der Waals surface area contributed by atoms with Gasteiger partial charge in [0.1, 0.15) is 5.82 Å². The molecule has 4 heteroatoms. The fourth-order valence-electron chi connectivity index (χ4n) is 1.83. The van der Waals surface area contributed by atoms with Crippen LogP contribution >= 0.6 is 0 Å². The lowest BCUT2D eigenvalue weighted by molar-refractivity contribution is 0.0778. The molecule has 0 aromatic heterocycles. The Labute approximate surface area is 81.3 Å². The van der Waals surface area contributed by atoms with Crippen molar-refractivity contribution >= 4 is 5.91 Å². The van der Waals surface area contributed by atoms with Gasteiger partial charge in [0.2, 0.25) is 0 Å². The standard InChI is InChI=1S/C10H11FN2O/c1-13-9(5-12)8-4-6(11)2-3-7(8)10(13)14/h2-4,9H,5,12H2,1H3/t9-/m0/s1. The molecule has 0 bridgehead atoms. The Kier molecular flexibility index (Phi) is 2.00. The van der Waals surface area contributed by atoms with Gasteiger partial charge in [-0.25, -0.2) is 4.39 Å². The van der Waals surface area contributed by atoms with Gasteiger partial charge in [-0.2, -0.15) is 0 Å². The number of rotatable bonds is 1. The molecule has 74 valence electrons. The van der Waals surface area contributed by atoms with Crippen LogP contribution in [0.5, 0.6) is 0 Å². The number of hydrogen-bond acceptors (Lipinski definition) is 2. The Morgan fingerprint density at radius 3 is 2.93 bits per heavy atom. The van der Waals surface area contributed by atoms with Crippen molar-refractivity contribution in [1.82, 2.24) is 4.90 Å². The average molecular weight is 194 g/mol. The monoisotopic (exact) mass is 194 g/mol. The first-order chi connectivity index (χ1) is 6.65. The summed E-state index contributed by atoms with van der Waals surface area (Å²) in [6.45, 7) is 0.318. The average Bonchev–Trinajstić information content (AvgIpc) is 2.39. The van der Waals surface area contributed by atoms with Crippen LogP contribution in [0.2, 0.25) is 0 Å². The van der Waals surface area contributed by atoms with Crippen LogP contribution in [0.1, 0.15) is 22.0 Å². The number of carbonyl (C=O) groups excluding carboxylic acids is 1. The second-order valence-electron chi connectivity index (χ2n) is 3.40. The minimum Gasteiger partial charge on any atom is -0.333 e. The highest BCUT2D eigenvalue weighted by Crippen LogP contribution is 2.31. The molecule has 1 aromatic carbocycles. The molecule has 1 atom stereocenters. The summed E-state index contributed by atoms with van der Waals surface area (Å²) in [5, 5.41) is 0. The quantitative estimate of drug-likeness (QED) is 0.722. The first kappa shape index (κ1) is 9.15. The molecule has 0 saturated carbocycles. The summed E-state index contributed by atoms with van der Waals surface area (Å²) in [7, 11) is 1.68. The topological polar surface area (TPSA) is 46.3 Å². The maximum atomic E-state index is 13.0. The van der Waals surface area contributed by atoms with Crippen LogP contribution in [-0.4, -0.2) is 24.4 Å². The van der Waals surface area contributed by atoms with Gasteiger partial charge in [-0.15, -0.1) is 0 Å². The van der Waals surface area contributed by atoms with Gasteiger partial charge in [0.05, 0.1) is 6.04 Å². The first-order valence-corrected chi connectivity index (χ1v) is 4.42. The molecule has 3 nitrogen and oxygen atoms in total. The molecule has 2 rings (SSSR count). The molecule has 1 aliphatic heterocycles. The van der Waals surface area contributed by atoms with Crippen LogP contribution in [-0.2, 0) is 0 Å². The number of nitrogens with zero attached hydrogens (tertiary/aromatic N) is 1. The zero-order valence-electron chi connectivity index (χ0n) is 7.83. The summed E-state index contributed by atoms with van der Waals surface area (Å²) >= 11 is 0. The molecule has 0 aliphatic carbocycles. The van der Waals surface area contributed by atoms with E-state index < -0.39 is 0 Å². The van der Waals surface area contributed by atoms with Crippen LogP contribution in [0, 0.1) is 5.82 Å². The van der Waals surface area contributed by atoms with Crippen LogP contribution in [0.4, 0.5) is 4.39 Å². The third kappa shape index (κ3) is 1.11. The molecule has 14 heavy (non-hydrogen) atoms. The van der Waals surface area contributed by atoms with Gasteiger partial charge in [-0.3, -0.25) is 4.79 Å². The minimum atomic E-state index is -0.328. The number of amides is 1. The number of nitrogens with two attached hydrogens (primary N) is 1. The zero-order chi connectivity index (χ0) is 10.3. The lowest BCUT2D eigenvalue weighted by Crippen LogP contribution is -2.28. The highest BCUT2D eigenvalue weighted by molar-refractivity contribution is 5.99. The molecule has 2 N–H and O–H groups in total. The number of hydrogen-bond donors (Lipinski definition) is 1. The number of fused-ring (bicyclic) bond motifs is 1.